The molecule has 1 aliphatic heterocycles. The summed E-state index contributed by atoms with van der Waals surface area (Å²) < 4.78 is 2.20. The Balaban J connectivity index is 1.27. The fourth-order valence-electron chi connectivity index (χ4n) is 5.66. The average molecular weight is 499 g/mol. The third-order valence-corrected chi connectivity index (χ3v) is 8.50. The molecule has 1 N–H and O–H groups in total. The van der Waals surface area contributed by atoms with E-state index >= 15 is 0 Å². The van der Waals surface area contributed by atoms with Crippen molar-refractivity contribution >= 4 is 40.1 Å². The number of fused-ring (bicyclic) bond motifs is 2. The Labute approximate surface area is 212 Å². The third kappa shape index (κ3) is 4.09. The molecule has 2 aliphatic rings. The molecule has 0 bridgehead atoms. The lowest BCUT2D eigenvalue weighted by atomic mass is 9.79. The van der Waals surface area contributed by atoms with Crippen LogP contribution in [0.15, 0.2) is 67.8 Å². The Bertz CT molecular complexity index is 1450. The van der Waals surface area contributed by atoms with Crippen LogP contribution in [0, 0.1) is 11.8 Å². The predicted octanol–water partition coefficient (Wildman–Crippen LogP) is 4.79. The topological polar surface area (TPSA) is 93.0 Å². The van der Waals surface area contributed by atoms with Crippen molar-refractivity contribution in [2.75, 3.05) is 18.4 Å². The molecular formula is C27H26N6O2S. The summed E-state index contributed by atoms with van der Waals surface area (Å²) >= 11 is 1.40. The molecule has 182 valence electrons. The van der Waals surface area contributed by atoms with Gasteiger partial charge in [-0.15, -0.1) is 11.3 Å². The number of benzene rings is 1. The van der Waals surface area contributed by atoms with Crippen LogP contribution < -0.4 is 5.32 Å². The van der Waals surface area contributed by atoms with Gasteiger partial charge in [0.2, 0.25) is 11.9 Å². The van der Waals surface area contributed by atoms with Crippen LogP contribution in [-0.2, 0) is 4.79 Å². The molecule has 1 aliphatic carbocycles. The molecule has 0 radical (unpaired) electrons. The summed E-state index contributed by atoms with van der Waals surface area (Å²) in [5.74, 6) is 1.35. The minimum atomic E-state index is -0.183. The van der Waals surface area contributed by atoms with E-state index in [0.29, 0.717) is 22.7 Å². The number of hydrogen-bond acceptors (Lipinski definition) is 6. The molecule has 4 aromatic rings. The van der Waals surface area contributed by atoms with Gasteiger partial charge in [-0.05, 0) is 61.4 Å². The molecule has 6 rings (SSSR count). The van der Waals surface area contributed by atoms with Crippen molar-refractivity contribution in [1.82, 2.24) is 24.4 Å². The highest BCUT2D eigenvalue weighted by Crippen LogP contribution is 2.43. The number of rotatable bonds is 5. The van der Waals surface area contributed by atoms with E-state index < -0.39 is 0 Å². The fraction of sp³-hybridized carbons (Fsp3) is 0.296. The summed E-state index contributed by atoms with van der Waals surface area (Å²) in [6.45, 7) is 5.22. The molecule has 2 fully saturated rings. The monoisotopic (exact) mass is 498 g/mol. The number of para-hydroxylation sites is 2. The molecule has 36 heavy (non-hydrogen) atoms. The second-order valence-corrected chi connectivity index (χ2v) is 10.6. The van der Waals surface area contributed by atoms with Gasteiger partial charge in [0.1, 0.15) is 6.33 Å². The smallest absolute Gasteiger partial charge is 0.268 e. The van der Waals surface area contributed by atoms with Gasteiger partial charge in [0, 0.05) is 42.0 Å². The largest absolute Gasteiger partial charge is 0.339 e. The summed E-state index contributed by atoms with van der Waals surface area (Å²) in [6, 6.07) is 11.9. The van der Waals surface area contributed by atoms with Gasteiger partial charge >= 0.3 is 0 Å². The van der Waals surface area contributed by atoms with Gasteiger partial charge in [-0.1, -0.05) is 18.7 Å². The van der Waals surface area contributed by atoms with Crippen LogP contribution in [0.3, 0.4) is 0 Å². The number of nitrogens with zero attached hydrogens (tertiary/aromatic N) is 5. The van der Waals surface area contributed by atoms with E-state index in [1.807, 2.05) is 35.2 Å². The van der Waals surface area contributed by atoms with Crippen molar-refractivity contribution in [3.05, 3.63) is 72.7 Å². The molecule has 0 spiro atoms. The Morgan fingerprint density at radius 3 is 2.69 bits per heavy atom. The summed E-state index contributed by atoms with van der Waals surface area (Å²) in [4.78, 5) is 41.8. The summed E-state index contributed by atoms with van der Waals surface area (Å²) in [5.41, 5.74) is 2.76. The number of amides is 2. The van der Waals surface area contributed by atoms with Crippen LogP contribution in [0.1, 0.15) is 35.0 Å². The summed E-state index contributed by atoms with van der Waals surface area (Å²) in [5, 5.41) is 3.09. The second-order valence-electron chi connectivity index (χ2n) is 9.47. The van der Waals surface area contributed by atoms with E-state index in [2.05, 4.69) is 32.5 Å². The Morgan fingerprint density at radius 2 is 1.86 bits per heavy atom. The molecule has 2 amide bonds. The van der Waals surface area contributed by atoms with Crippen molar-refractivity contribution in [2.45, 2.75) is 25.3 Å². The Morgan fingerprint density at radius 1 is 1.06 bits per heavy atom. The first-order chi connectivity index (χ1) is 17.6. The molecule has 1 aromatic carbocycles. The molecular weight excluding hydrogens is 472 g/mol. The SMILES string of the molecule is C=CC(=O)N1CC2CC[C@H](n3c(NC(=O)c4ccc(-c5cncnc5)s4)nc4ccccc43)CC2C1. The highest BCUT2D eigenvalue weighted by molar-refractivity contribution is 7.17. The van der Waals surface area contributed by atoms with Crippen LogP contribution in [0.5, 0.6) is 0 Å². The van der Waals surface area contributed by atoms with Crippen LogP contribution >= 0.6 is 11.3 Å². The molecule has 2 unspecified atom stereocenters. The predicted molar refractivity (Wildman–Crippen MR) is 140 cm³/mol. The number of nitrogens with one attached hydrogen (secondary N) is 1. The van der Waals surface area contributed by atoms with Gasteiger partial charge in [0.25, 0.3) is 5.91 Å². The molecule has 1 saturated heterocycles. The zero-order chi connectivity index (χ0) is 24.6. The first-order valence-electron chi connectivity index (χ1n) is 12.2. The fourth-order valence-corrected chi connectivity index (χ4v) is 6.53. The first-order valence-corrected chi connectivity index (χ1v) is 13.0. The number of carbonyl (C=O) groups excluding carboxylic acids is 2. The highest BCUT2D eigenvalue weighted by Gasteiger charge is 2.40. The van der Waals surface area contributed by atoms with Gasteiger partial charge in [-0.25, -0.2) is 15.0 Å². The van der Waals surface area contributed by atoms with Crippen LogP contribution in [0.4, 0.5) is 5.95 Å². The minimum absolute atomic E-state index is 0.0133. The number of thiophene rings is 1. The Hall–Kier alpha value is -3.85. The van der Waals surface area contributed by atoms with E-state index in [1.165, 1.54) is 23.7 Å². The van der Waals surface area contributed by atoms with E-state index in [-0.39, 0.29) is 17.9 Å². The number of hydrogen-bond donors (Lipinski definition) is 1. The van der Waals surface area contributed by atoms with Gasteiger partial charge in [-0.3, -0.25) is 14.9 Å². The van der Waals surface area contributed by atoms with Crippen molar-refractivity contribution in [3.8, 4) is 10.4 Å². The van der Waals surface area contributed by atoms with E-state index in [4.69, 9.17) is 4.98 Å². The highest BCUT2D eigenvalue weighted by atomic mass is 32.1. The van der Waals surface area contributed by atoms with E-state index in [9.17, 15) is 9.59 Å². The molecule has 8 nitrogen and oxygen atoms in total. The van der Waals surface area contributed by atoms with E-state index in [1.54, 1.807) is 12.4 Å². The standard InChI is InChI=1S/C27H26N6O2S/c1-2-25(34)32-14-17-7-8-20(11-18(17)15-32)33-22-6-4-3-5-21(22)30-27(33)31-26(35)24-10-9-23(36-24)19-12-28-16-29-13-19/h2-6,9-10,12-13,16-18,20H,1,7-8,11,14-15H2,(H,30,31,35)/t17?,18?,20-/m0/s1. The van der Waals surface area contributed by atoms with E-state index in [0.717, 1.165) is 53.8 Å². The number of anilines is 1. The number of carbonyl (C=O) groups is 2. The lowest BCUT2D eigenvalue weighted by Crippen LogP contribution is -2.27. The molecule has 3 atom stereocenters. The molecule has 9 heteroatoms. The quantitative estimate of drug-likeness (QED) is 0.399. The average Bonchev–Trinajstić information content (AvgIpc) is 3.65. The van der Waals surface area contributed by atoms with Crippen molar-refractivity contribution < 1.29 is 9.59 Å². The van der Waals surface area contributed by atoms with Gasteiger partial charge in [0.15, 0.2) is 0 Å². The minimum Gasteiger partial charge on any atom is -0.339 e. The Kier molecular flexibility index (Phi) is 5.85. The number of likely N-dealkylation sites (tertiary alicyclic amines) is 1. The zero-order valence-corrected chi connectivity index (χ0v) is 20.5. The lowest BCUT2D eigenvalue weighted by Gasteiger charge is -2.32. The number of imidazole rings is 1. The maximum absolute atomic E-state index is 13.3. The van der Waals surface area contributed by atoms with Gasteiger partial charge in [0.05, 0.1) is 15.9 Å². The van der Waals surface area contributed by atoms with Crippen molar-refractivity contribution in [2.24, 2.45) is 11.8 Å². The van der Waals surface area contributed by atoms with Crippen LogP contribution in [0.25, 0.3) is 21.5 Å². The first kappa shape index (κ1) is 22.6. The maximum Gasteiger partial charge on any atom is 0.268 e. The molecule has 1 saturated carbocycles. The third-order valence-electron chi connectivity index (χ3n) is 7.37. The van der Waals surface area contributed by atoms with Gasteiger partial charge < -0.3 is 9.47 Å². The number of aromatic nitrogens is 4. The molecule has 4 heterocycles. The van der Waals surface area contributed by atoms with Crippen molar-refractivity contribution in [3.63, 3.8) is 0 Å². The lowest BCUT2D eigenvalue weighted by molar-refractivity contribution is -0.125. The molecule has 3 aromatic heterocycles. The van der Waals surface area contributed by atoms with Gasteiger partial charge in [-0.2, -0.15) is 0 Å². The second kappa shape index (κ2) is 9.31. The van der Waals surface area contributed by atoms with Crippen molar-refractivity contribution in [1.29, 1.82) is 0 Å². The van der Waals surface area contributed by atoms with Crippen LogP contribution in [0.2, 0.25) is 0 Å². The maximum atomic E-state index is 13.3. The van der Waals surface area contributed by atoms with Crippen LogP contribution in [-0.4, -0.2) is 49.3 Å². The summed E-state index contributed by atoms with van der Waals surface area (Å²) in [6.07, 6.45) is 9.36. The zero-order valence-electron chi connectivity index (χ0n) is 19.7. The normalized spacial score (nSPS) is 21.3. The summed E-state index contributed by atoms with van der Waals surface area (Å²) in [7, 11) is 0.